The summed E-state index contributed by atoms with van der Waals surface area (Å²) < 4.78 is 19.6. The minimum Gasteiger partial charge on any atom is -0.507 e. The lowest BCUT2D eigenvalue weighted by atomic mass is 10.2. The molecule has 0 saturated heterocycles. The zero-order chi connectivity index (χ0) is 13.4. The summed E-state index contributed by atoms with van der Waals surface area (Å²) in [5.74, 6) is -0.534. The van der Waals surface area contributed by atoms with Crippen LogP contribution in [0.4, 0.5) is 4.39 Å². The molecule has 2 aromatic heterocycles. The van der Waals surface area contributed by atoms with Gasteiger partial charge in [0.2, 0.25) is 5.82 Å². The van der Waals surface area contributed by atoms with Gasteiger partial charge in [-0.3, -0.25) is 0 Å². The Morgan fingerprint density at radius 1 is 1.26 bits per heavy atom. The summed E-state index contributed by atoms with van der Waals surface area (Å²) in [6, 6.07) is 7.67. The number of thiophene rings is 1. The number of rotatable bonds is 2. The van der Waals surface area contributed by atoms with E-state index in [0.29, 0.717) is 5.82 Å². The van der Waals surface area contributed by atoms with E-state index in [2.05, 4.69) is 26.1 Å². The lowest BCUT2D eigenvalue weighted by Crippen LogP contribution is -1.85. The van der Waals surface area contributed by atoms with E-state index in [1.807, 2.05) is 12.1 Å². The van der Waals surface area contributed by atoms with Crippen molar-refractivity contribution in [1.82, 2.24) is 10.1 Å². The van der Waals surface area contributed by atoms with Gasteiger partial charge < -0.3 is 9.63 Å². The number of aromatic hydroxyl groups is 1. The van der Waals surface area contributed by atoms with Gasteiger partial charge in [-0.05, 0) is 40.2 Å². The standard InChI is InChI=1S/C12H6BrFN2O2S/c13-9-5-4-8(19-9)11-15-12(18-16-11)10-6(14)2-1-3-7(10)17/h1-5,17H. The van der Waals surface area contributed by atoms with Crippen LogP contribution in [0.25, 0.3) is 22.2 Å². The molecule has 1 aromatic carbocycles. The molecule has 0 aliphatic rings. The van der Waals surface area contributed by atoms with Gasteiger partial charge in [0.05, 0.1) is 8.66 Å². The zero-order valence-corrected chi connectivity index (χ0v) is 11.7. The van der Waals surface area contributed by atoms with Crippen LogP contribution in [-0.2, 0) is 0 Å². The van der Waals surface area contributed by atoms with Crippen LogP contribution in [0.5, 0.6) is 5.75 Å². The zero-order valence-electron chi connectivity index (χ0n) is 9.30. The second-order valence-corrected chi connectivity index (χ2v) is 6.12. The topological polar surface area (TPSA) is 59.2 Å². The molecular weight excluding hydrogens is 335 g/mol. The first-order valence-corrected chi connectivity index (χ1v) is 6.83. The van der Waals surface area contributed by atoms with Crippen LogP contribution in [0, 0.1) is 5.82 Å². The molecule has 0 fully saturated rings. The van der Waals surface area contributed by atoms with Gasteiger partial charge in [0.25, 0.3) is 5.89 Å². The SMILES string of the molecule is Oc1cccc(F)c1-c1nc(-c2ccc(Br)s2)no1. The molecule has 0 aliphatic carbocycles. The van der Waals surface area contributed by atoms with Gasteiger partial charge in [-0.15, -0.1) is 11.3 Å². The second-order valence-electron chi connectivity index (χ2n) is 3.66. The molecular formula is C12H6BrFN2O2S. The van der Waals surface area contributed by atoms with Crippen molar-refractivity contribution < 1.29 is 14.0 Å². The van der Waals surface area contributed by atoms with E-state index in [1.54, 1.807) is 0 Å². The first kappa shape index (κ1) is 12.3. The molecule has 96 valence electrons. The molecule has 2 heterocycles. The molecule has 0 radical (unpaired) electrons. The largest absolute Gasteiger partial charge is 0.507 e. The van der Waals surface area contributed by atoms with Gasteiger partial charge in [0.15, 0.2) is 0 Å². The van der Waals surface area contributed by atoms with Crippen molar-refractivity contribution in [1.29, 1.82) is 0 Å². The van der Waals surface area contributed by atoms with E-state index in [-0.39, 0.29) is 17.2 Å². The molecule has 0 saturated carbocycles. The minimum absolute atomic E-state index is 0.0462. The molecule has 0 amide bonds. The van der Waals surface area contributed by atoms with E-state index >= 15 is 0 Å². The third kappa shape index (κ3) is 2.26. The van der Waals surface area contributed by atoms with Crippen LogP contribution in [0.1, 0.15) is 0 Å². The van der Waals surface area contributed by atoms with Crippen LogP contribution in [-0.4, -0.2) is 15.2 Å². The van der Waals surface area contributed by atoms with Crippen molar-refractivity contribution in [2.75, 3.05) is 0 Å². The summed E-state index contributed by atoms with van der Waals surface area (Å²) in [6.07, 6.45) is 0. The summed E-state index contributed by atoms with van der Waals surface area (Å²) in [7, 11) is 0. The number of hydrogen-bond donors (Lipinski definition) is 1. The molecule has 0 unspecified atom stereocenters. The van der Waals surface area contributed by atoms with Gasteiger partial charge in [0, 0.05) is 0 Å². The maximum atomic E-state index is 13.7. The van der Waals surface area contributed by atoms with Crippen molar-refractivity contribution in [2.45, 2.75) is 0 Å². The van der Waals surface area contributed by atoms with Crippen LogP contribution >= 0.6 is 27.3 Å². The molecule has 0 bridgehead atoms. The maximum Gasteiger partial charge on any atom is 0.265 e. The van der Waals surface area contributed by atoms with E-state index in [4.69, 9.17) is 4.52 Å². The van der Waals surface area contributed by atoms with Crippen molar-refractivity contribution in [3.05, 3.63) is 39.9 Å². The molecule has 19 heavy (non-hydrogen) atoms. The number of phenolic OH excluding ortho intramolecular Hbond substituents is 1. The van der Waals surface area contributed by atoms with Crippen LogP contribution < -0.4 is 0 Å². The molecule has 3 aromatic rings. The minimum atomic E-state index is -0.609. The molecule has 3 rings (SSSR count). The first-order valence-electron chi connectivity index (χ1n) is 5.22. The Bertz CT molecular complexity index is 721. The Morgan fingerprint density at radius 2 is 2.11 bits per heavy atom. The Labute approximate surface area is 119 Å². The van der Waals surface area contributed by atoms with E-state index in [9.17, 15) is 9.50 Å². The summed E-state index contributed by atoms with van der Waals surface area (Å²) >= 11 is 4.77. The average Bonchev–Trinajstić information content (AvgIpc) is 2.98. The predicted octanol–water partition coefficient (Wildman–Crippen LogP) is 4.07. The highest BCUT2D eigenvalue weighted by atomic mass is 79.9. The first-order chi connectivity index (χ1) is 9.15. The van der Waals surface area contributed by atoms with Crippen LogP contribution in [0.3, 0.4) is 0 Å². The highest BCUT2D eigenvalue weighted by Gasteiger charge is 2.18. The molecule has 0 spiro atoms. The number of halogens is 2. The molecule has 4 nitrogen and oxygen atoms in total. The molecule has 7 heteroatoms. The van der Waals surface area contributed by atoms with Gasteiger partial charge in [-0.25, -0.2) is 4.39 Å². The number of phenols is 1. The highest BCUT2D eigenvalue weighted by molar-refractivity contribution is 9.11. The van der Waals surface area contributed by atoms with Gasteiger partial charge in [-0.2, -0.15) is 4.98 Å². The fourth-order valence-electron chi connectivity index (χ4n) is 1.58. The molecule has 0 aliphatic heterocycles. The van der Waals surface area contributed by atoms with E-state index in [1.165, 1.54) is 29.5 Å². The number of hydrogen-bond acceptors (Lipinski definition) is 5. The van der Waals surface area contributed by atoms with Crippen LogP contribution in [0.2, 0.25) is 0 Å². The second kappa shape index (κ2) is 4.75. The smallest absolute Gasteiger partial charge is 0.265 e. The van der Waals surface area contributed by atoms with Crippen molar-refractivity contribution in [3.63, 3.8) is 0 Å². The number of aromatic nitrogens is 2. The Balaban J connectivity index is 2.06. The number of benzene rings is 1. The third-order valence-electron chi connectivity index (χ3n) is 2.43. The summed E-state index contributed by atoms with van der Waals surface area (Å²) in [5.41, 5.74) is -0.0862. The molecule has 0 atom stereocenters. The summed E-state index contributed by atoms with van der Waals surface area (Å²) in [6.45, 7) is 0. The summed E-state index contributed by atoms with van der Waals surface area (Å²) in [5, 5.41) is 13.4. The Kier molecular flexibility index (Phi) is 3.08. The monoisotopic (exact) mass is 340 g/mol. The Hall–Kier alpha value is -1.73. The molecule has 1 N–H and O–H groups in total. The predicted molar refractivity (Wildman–Crippen MR) is 72.4 cm³/mol. The van der Waals surface area contributed by atoms with Gasteiger partial charge in [-0.1, -0.05) is 11.2 Å². The Morgan fingerprint density at radius 3 is 2.79 bits per heavy atom. The van der Waals surface area contributed by atoms with Crippen LogP contribution in [0.15, 0.2) is 38.6 Å². The lowest BCUT2D eigenvalue weighted by Gasteiger charge is -1.99. The van der Waals surface area contributed by atoms with Crippen molar-refractivity contribution >= 4 is 27.3 Å². The maximum absolute atomic E-state index is 13.7. The average molecular weight is 341 g/mol. The lowest BCUT2D eigenvalue weighted by molar-refractivity contribution is 0.421. The van der Waals surface area contributed by atoms with E-state index < -0.39 is 5.82 Å². The fourth-order valence-corrected chi connectivity index (χ4v) is 2.90. The number of nitrogens with zero attached hydrogens (tertiary/aromatic N) is 2. The van der Waals surface area contributed by atoms with Crippen molar-refractivity contribution in [3.8, 4) is 27.9 Å². The normalized spacial score (nSPS) is 10.8. The summed E-state index contributed by atoms with van der Waals surface area (Å²) in [4.78, 5) is 4.89. The van der Waals surface area contributed by atoms with Gasteiger partial charge >= 0.3 is 0 Å². The van der Waals surface area contributed by atoms with Crippen molar-refractivity contribution in [2.24, 2.45) is 0 Å². The quantitative estimate of drug-likeness (QED) is 0.763. The van der Waals surface area contributed by atoms with E-state index in [0.717, 1.165) is 8.66 Å². The highest BCUT2D eigenvalue weighted by Crippen LogP contribution is 2.34. The van der Waals surface area contributed by atoms with Gasteiger partial charge in [0.1, 0.15) is 17.1 Å². The fraction of sp³-hybridized carbons (Fsp3) is 0. The third-order valence-corrected chi connectivity index (χ3v) is 4.04.